The van der Waals surface area contributed by atoms with Crippen LogP contribution in [0.15, 0.2) is 0 Å². The minimum absolute atomic E-state index is 0.00114. The van der Waals surface area contributed by atoms with E-state index in [-0.39, 0.29) is 29.2 Å². The third-order valence-electron chi connectivity index (χ3n) is 7.74. The molecule has 0 unspecified atom stereocenters. The zero-order valence-corrected chi connectivity index (χ0v) is 32.2. The fourth-order valence-corrected chi connectivity index (χ4v) is 6.07. The van der Waals surface area contributed by atoms with Gasteiger partial charge in [-0.15, -0.1) is 0 Å². The first-order valence-corrected chi connectivity index (χ1v) is 16.8. The van der Waals surface area contributed by atoms with E-state index in [1.807, 2.05) is 118 Å². The van der Waals surface area contributed by atoms with Gasteiger partial charge in [-0.05, 0) is 95.4 Å². The van der Waals surface area contributed by atoms with Crippen molar-refractivity contribution >= 4 is 17.7 Å². The fraction of sp³-hybridized carbons (Fsp3) is 0.917. The molecule has 0 atom stereocenters. The lowest BCUT2D eigenvalue weighted by Crippen LogP contribution is -2.49. The third kappa shape index (κ3) is 17.1. The maximum atomic E-state index is 13.1. The van der Waals surface area contributed by atoms with Crippen LogP contribution in [0.3, 0.4) is 0 Å². The van der Waals surface area contributed by atoms with E-state index in [2.05, 4.69) is 16.0 Å². The summed E-state index contributed by atoms with van der Waals surface area (Å²) >= 11 is 0. The van der Waals surface area contributed by atoms with Crippen LogP contribution < -0.4 is 16.0 Å². The van der Waals surface area contributed by atoms with E-state index in [9.17, 15) is 14.4 Å². The van der Waals surface area contributed by atoms with Crippen LogP contribution in [0.1, 0.15) is 137 Å². The number of hydrogen-bond acceptors (Lipinski definition) is 6. The fourth-order valence-electron chi connectivity index (χ4n) is 6.07. The summed E-state index contributed by atoms with van der Waals surface area (Å²) < 4.78 is 19.5. The van der Waals surface area contributed by atoms with Gasteiger partial charge in [0.05, 0.1) is 36.6 Å². The van der Waals surface area contributed by atoms with E-state index in [1.54, 1.807) is 0 Å². The second-order valence-electron chi connectivity index (χ2n) is 17.7. The molecule has 0 bridgehead atoms. The van der Waals surface area contributed by atoms with E-state index in [1.165, 1.54) is 0 Å². The van der Waals surface area contributed by atoms with Crippen LogP contribution in [-0.4, -0.2) is 73.0 Å². The minimum atomic E-state index is -0.640. The van der Waals surface area contributed by atoms with E-state index in [0.717, 1.165) is 0 Å². The first kappa shape index (κ1) is 43.3. The molecule has 0 aromatic heterocycles. The van der Waals surface area contributed by atoms with Gasteiger partial charge in [-0.2, -0.15) is 0 Å². The topological polar surface area (TPSA) is 115 Å². The van der Waals surface area contributed by atoms with Crippen molar-refractivity contribution in [3.05, 3.63) is 0 Å². The Morgan fingerprint density at radius 1 is 0.489 bits per heavy atom. The van der Waals surface area contributed by atoms with Crippen LogP contribution in [0.4, 0.5) is 0 Å². The summed E-state index contributed by atoms with van der Waals surface area (Å²) in [5.41, 5.74) is -3.92. The van der Waals surface area contributed by atoms with Gasteiger partial charge in [0.1, 0.15) is 0 Å². The molecule has 3 N–H and O–H groups in total. The summed E-state index contributed by atoms with van der Waals surface area (Å²) in [5.74, 6) is -0.139. The normalized spacial score (nSPS) is 14.0. The van der Waals surface area contributed by atoms with Crippen LogP contribution >= 0.6 is 0 Å². The van der Waals surface area contributed by atoms with Gasteiger partial charge in [0.15, 0.2) is 0 Å². The second-order valence-corrected chi connectivity index (χ2v) is 17.7. The Labute approximate surface area is 276 Å². The van der Waals surface area contributed by atoms with Crippen molar-refractivity contribution < 1.29 is 28.6 Å². The molecule has 0 radical (unpaired) electrons. The summed E-state index contributed by atoms with van der Waals surface area (Å²) in [6.45, 7) is 35.7. The van der Waals surface area contributed by atoms with E-state index < -0.39 is 33.0 Å². The number of amides is 3. The highest BCUT2D eigenvalue weighted by Gasteiger charge is 2.39. The average molecular weight is 642 g/mol. The van der Waals surface area contributed by atoms with Crippen molar-refractivity contribution in [3.63, 3.8) is 0 Å². The van der Waals surface area contributed by atoms with Crippen molar-refractivity contribution in [2.45, 2.75) is 159 Å². The molecular formula is C36H71N3O6. The summed E-state index contributed by atoms with van der Waals surface area (Å²) in [7, 11) is 0. The molecular weight excluding hydrogens is 570 g/mol. The van der Waals surface area contributed by atoms with Gasteiger partial charge in [-0.3, -0.25) is 14.4 Å². The summed E-state index contributed by atoms with van der Waals surface area (Å²) in [4.78, 5) is 38.4. The molecule has 266 valence electrons. The Balaban J connectivity index is 5.83. The molecule has 0 rings (SSSR count). The molecule has 9 nitrogen and oxygen atoms in total. The zero-order chi connectivity index (χ0) is 35.7. The largest absolute Gasteiger partial charge is 0.375 e. The van der Waals surface area contributed by atoms with Crippen molar-refractivity contribution in [2.24, 2.45) is 22.2 Å². The molecule has 0 saturated carbocycles. The van der Waals surface area contributed by atoms with Gasteiger partial charge in [0.2, 0.25) is 17.7 Å². The van der Waals surface area contributed by atoms with Crippen molar-refractivity contribution in [1.82, 2.24) is 16.0 Å². The number of nitrogens with one attached hydrogen (secondary N) is 3. The number of ether oxygens (including phenoxy) is 3. The SMILES string of the molecule is CCNC(=O)C(C)(C)CC(C)(C)OCC(COC(C)(C)CC(C)(C)C(=O)NCC)COC(C)(C)CC(C)(C)C(=O)NC(C)(C)C. The standard InChI is InChI=1S/C36H71N3O6/c1-18-37-27(40)31(6,7)23-34(12,13)43-20-26(21-44-35(14,15)24-32(8,9)28(41)38-19-2)22-45-36(16,17)25-33(10,11)29(42)39-30(3,4)5/h26H,18-25H2,1-17H3,(H,37,40)(H,38,41)(H,39,42). The molecule has 45 heavy (non-hydrogen) atoms. The maximum absolute atomic E-state index is 13.1. The first-order valence-electron chi connectivity index (χ1n) is 16.8. The van der Waals surface area contributed by atoms with Crippen LogP contribution in [0, 0.1) is 22.2 Å². The maximum Gasteiger partial charge on any atom is 0.226 e. The van der Waals surface area contributed by atoms with Crippen LogP contribution in [0.5, 0.6) is 0 Å². The summed E-state index contributed by atoms with van der Waals surface area (Å²) in [6, 6.07) is 0. The van der Waals surface area contributed by atoms with Crippen LogP contribution in [-0.2, 0) is 28.6 Å². The summed E-state index contributed by atoms with van der Waals surface area (Å²) in [6.07, 6.45) is 1.60. The molecule has 0 aliphatic heterocycles. The van der Waals surface area contributed by atoms with Crippen molar-refractivity contribution in [2.75, 3.05) is 32.9 Å². The van der Waals surface area contributed by atoms with Gasteiger partial charge in [0, 0.05) is 40.8 Å². The van der Waals surface area contributed by atoms with Gasteiger partial charge in [-0.1, -0.05) is 41.5 Å². The Kier molecular flexibility index (Phi) is 15.8. The second kappa shape index (κ2) is 16.4. The molecule has 0 spiro atoms. The Bertz CT molecular complexity index is 912. The van der Waals surface area contributed by atoms with E-state index >= 15 is 0 Å². The molecule has 0 saturated heterocycles. The summed E-state index contributed by atoms with van der Waals surface area (Å²) in [5, 5.41) is 8.96. The van der Waals surface area contributed by atoms with Crippen LogP contribution in [0.25, 0.3) is 0 Å². The average Bonchev–Trinajstić information content (AvgIpc) is 2.80. The highest BCUT2D eigenvalue weighted by Crippen LogP contribution is 2.34. The van der Waals surface area contributed by atoms with Crippen molar-refractivity contribution in [3.8, 4) is 0 Å². The van der Waals surface area contributed by atoms with Gasteiger partial charge in [-0.25, -0.2) is 0 Å². The van der Waals surface area contributed by atoms with Gasteiger partial charge in [0.25, 0.3) is 0 Å². The third-order valence-corrected chi connectivity index (χ3v) is 7.74. The quantitative estimate of drug-likeness (QED) is 0.141. The van der Waals surface area contributed by atoms with Gasteiger partial charge < -0.3 is 30.2 Å². The highest BCUT2D eigenvalue weighted by molar-refractivity contribution is 5.83. The molecule has 3 amide bonds. The monoisotopic (exact) mass is 642 g/mol. The Morgan fingerprint density at radius 2 is 0.756 bits per heavy atom. The number of carbonyl (C=O) groups excluding carboxylic acids is 3. The highest BCUT2D eigenvalue weighted by atomic mass is 16.5. The number of hydrogen-bond donors (Lipinski definition) is 3. The van der Waals surface area contributed by atoms with E-state index in [0.29, 0.717) is 52.2 Å². The Hall–Kier alpha value is -1.71. The molecule has 9 heteroatoms. The Morgan fingerprint density at radius 3 is 1.00 bits per heavy atom. The smallest absolute Gasteiger partial charge is 0.226 e. The van der Waals surface area contributed by atoms with Gasteiger partial charge >= 0.3 is 0 Å². The molecule has 0 fully saturated rings. The lowest BCUT2D eigenvalue weighted by Gasteiger charge is -2.38. The molecule has 0 aromatic carbocycles. The van der Waals surface area contributed by atoms with Crippen LogP contribution in [0.2, 0.25) is 0 Å². The number of rotatable bonds is 20. The number of carbonyl (C=O) groups is 3. The van der Waals surface area contributed by atoms with E-state index in [4.69, 9.17) is 14.2 Å². The zero-order valence-electron chi connectivity index (χ0n) is 32.2. The lowest BCUT2D eigenvalue weighted by molar-refractivity contribution is -0.147. The molecule has 0 heterocycles. The molecule has 0 aliphatic rings. The predicted molar refractivity (Wildman–Crippen MR) is 184 cm³/mol. The van der Waals surface area contributed by atoms with Crippen molar-refractivity contribution in [1.29, 1.82) is 0 Å². The first-order chi connectivity index (χ1) is 20.0. The molecule has 0 aromatic rings. The molecule has 0 aliphatic carbocycles. The predicted octanol–water partition coefficient (Wildman–Crippen LogP) is 6.42. The minimum Gasteiger partial charge on any atom is -0.375 e. The lowest BCUT2D eigenvalue weighted by atomic mass is 9.80.